The van der Waals surface area contributed by atoms with Gasteiger partial charge in [0.05, 0.1) is 11.5 Å². The molecule has 1 amide bonds. The summed E-state index contributed by atoms with van der Waals surface area (Å²) in [5.41, 5.74) is 3.45. The minimum atomic E-state index is -3.03. The van der Waals surface area contributed by atoms with E-state index in [0.717, 1.165) is 22.0 Å². The van der Waals surface area contributed by atoms with Gasteiger partial charge in [-0.3, -0.25) is 9.59 Å². The Kier molecular flexibility index (Phi) is 4.92. The zero-order chi connectivity index (χ0) is 19.1. The summed E-state index contributed by atoms with van der Waals surface area (Å²) >= 11 is 0. The lowest BCUT2D eigenvalue weighted by Crippen LogP contribution is -2.38. The number of hydrogen-bond donors (Lipinski definition) is 1. The van der Waals surface area contributed by atoms with Crippen LogP contribution < -0.4 is 5.56 Å². The third-order valence-electron chi connectivity index (χ3n) is 5.29. The first-order chi connectivity index (χ1) is 12.2. The number of rotatable bonds is 4. The van der Waals surface area contributed by atoms with E-state index in [1.54, 1.807) is 7.05 Å². The van der Waals surface area contributed by atoms with Crippen LogP contribution in [0.4, 0.5) is 0 Å². The van der Waals surface area contributed by atoms with Crippen LogP contribution in [0.3, 0.4) is 0 Å². The smallest absolute Gasteiger partial charge is 0.251 e. The minimum absolute atomic E-state index is 0.0322. The van der Waals surface area contributed by atoms with Crippen molar-refractivity contribution in [1.29, 1.82) is 0 Å². The second-order valence-electron chi connectivity index (χ2n) is 7.21. The van der Waals surface area contributed by atoms with Crippen LogP contribution in [0.2, 0.25) is 0 Å². The molecule has 1 aliphatic heterocycles. The maximum atomic E-state index is 12.4. The van der Waals surface area contributed by atoms with Crippen LogP contribution in [0.5, 0.6) is 0 Å². The molecule has 1 aromatic carbocycles. The Balaban J connectivity index is 1.73. The number of nitrogens with zero attached hydrogens (tertiary/aromatic N) is 1. The van der Waals surface area contributed by atoms with Crippen molar-refractivity contribution in [2.75, 3.05) is 18.6 Å². The first kappa shape index (κ1) is 18.6. The summed E-state index contributed by atoms with van der Waals surface area (Å²) in [4.78, 5) is 29.1. The van der Waals surface area contributed by atoms with Crippen molar-refractivity contribution >= 4 is 26.6 Å². The molecule has 1 unspecified atom stereocenters. The molecule has 2 heterocycles. The van der Waals surface area contributed by atoms with Gasteiger partial charge in [0.2, 0.25) is 5.91 Å². The second kappa shape index (κ2) is 6.87. The van der Waals surface area contributed by atoms with E-state index in [1.807, 2.05) is 32.0 Å². The molecule has 26 heavy (non-hydrogen) atoms. The van der Waals surface area contributed by atoms with Crippen LogP contribution in [0, 0.1) is 13.8 Å². The topological polar surface area (TPSA) is 87.3 Å². The third-order valence-corrected chi connectivity index (χ3v) is 7.04. The number of aryl methyl sites for hydroxylation is 3. The Morgan fingerprint density at radius 3 is 2.58 bits per heavy atom. The predicted molar refractivity (Wildman–Crippen MR) is 102 cm³/mol. The fraction of sp³-hybridized carbons (Fsp3) is 0.474. The normalized spacial score (nSPS) is 19.0. The number of carbonyl (C=O) groups is 1. The number of carbonyl (C=O) groups excluding carboxylic acids is 1. The molecule has 0 saturated carbocycles. The molecule has 1 fully saturated rings. The standard InChI is InChI=1S/C19H24N2O4S/c1-12-8-15-10-14(19(23)20-17(15)9-13(12)2)4-5-18(22)21(3)16-6-7-26(24,25)11-16/h8-10,16H,4-7,11H2,1-3H3,(H,20,23). The molecule has 1 aliphatic rings. The minimum Gasteiger partial charge on any atom is -0.342 e. The summed E-state index contributed by atoms with van der Waals surface area (Å²) in [5, 5.41) is 0.949. The third kappa shape index (κ3) is 3.82. The number of H-pyrrole nitrogens is 1. The van der Waals surface area contributed by atoms with Crippen molar-refractivity contribution in [2.24, 2.45) is 0 Å². The summed E-state index contributed by atoms with van der Waals surface area (Å²) < 4.78 is 23.2. The quantitative estimate of drug-likeness (QED) is 0.880. The molecule has 1 N–H and O–H groups in total. The van der Waals surface area contributed by atoms with Gasteiger partial charge in [0.25, 0.3) is 5.56 Å². The molecule has 1 saturated heterocycles. The van der Waals surface area contributed by atoms with Crippen molar-refractivity contribution < 1.29 is 13.2 Å². The van der Waals surface area contributed by atoms with Crippen molar-refractivity contribution in [3.8, 4) is 0 Å². The Morgan fingerprint density at radius 1 is 1.23 bits per heavy atom. The number of amides is 1. The monoisotopic (exact) mass is 376 g/mol. The van der Waals surface area contributed by atoms with Gasteiger partial charge in [-0.05, 0) is 61.4 Å². The van der Waals surface area contributed by atoms with Crippen LogP contribution in [-0.2, 0) is 21.1 Å². The van der Waals surface area contributed by atoms with Crippen molar-refractivity contribution in [3.63, 3.8) is 0 Å². The molecular weight excluding hydrogens is 352 g/mol. The Hall–Kier alpha value is -2.15. The molecule has 140 valence electrons. The molecule has 6 nitrogen and oxygen atoms in total. The SMILES string of the molecule is Cc1cc2cc(CCC(=O)N(C)C3CCS(=O)(=O)C3)c(=O)[nH]c2cc1C. The van der Waals surface area contributed by atoms with E-state index in [2.05, 4.69) is 4.98 Å². The lowest BCUT2D eigenvalue weighted by molar-refractivity contribution is -0.131. The van der Waals surface area contributed by atoms with Crippen LogP contribution in [0.1, 0.15) is 29.5 Å². The number of aromatic amines is 1. The lowest BCUT2D eigenvalue weighted by Gasteiger charge is -2.23. The van der Waals surface area contributed by atoms with E-state index in [4.69, 9.17) is 0 Å². The average Bonchev–Trinajstić information content (AvgIpc) is 2.93. The first-order valence-electron chi connectivity index (χ1n) is 8.75. The number of pyridine rings is 1. The van der Waals surface area contributed by atoms with Gasteiger partial charge in [0, 0.05) is 30.6 Å². The highest BCUT2D eigenvalue weighted by Gasteiger charge is 2.32. The molecular formula is C19H24N2O4S. The molecule has 0 spiro atoms. The van der Waals surface area contributed by atoms with Gasteiger partial charge >= 0.3 is 0 Å². The van der Waals surface area contributed by atoms with Gasteiger partial charge in [-0.15, -0.1) is 0 Å². The Bertz CT molecular complexity index is 1020. The average molecular weight is 376 g/mol. The van der Waals surface area contributed by atoms with Gasteiger partial charge in [-0.2, -0.15) is 0 Å². The molecule has 1 atom stereocenters. The molecule has 7 heteroatoms. The Labute approximate surface area is 153 Å². The van der Waals surface area contributed by atoms with Crippen molar-refractivity contribution in [3.05, 3.63) is 45.2 Å². The summed E-state index contributed by atoms with van der Waals surface area (Å²) in [5.74, 6) is 0.0368. The molecule has 0 bridgehead atoms. The number of hydrogen-bond acceptors (Lipinski definition) is 4. The largest absolute Gasteiger partial charge is 0.342 e. The van der Waals surface area contributed by atoms with E-state index in [9.17, 15) is 18.0 Å². The zero-order valence-corrected chi connectivity index (χ0v) is 16.1. The van der Waals surface area contributed by atoms with Crippen LogP contribution in [0.15, 0.2) is 23.0 Å². The summed E-state index contributed by atoms with van der Waals surface area (Å²) in [7, 11) is -1.39. The number of sulfone groups is 1. The maximum absolute atomic E-state index is 12.4. The van der Waals surface area contributed by atoms with Crippen LogP contribution in [0.25, 0.3) is 10.9 Å². The van der Waals surface area contributed by atoms with Gasteiger partial charge in [0.15, 0.2) is 9.84 Å². The zero-order valence-electron chi connectivity index (χ0n) is 15.3. The van der Waals surface area contributed by atoms with Crippen molar-refractivity contribution in [2.45, 2.75) is 39.2 Å². The van der Waals surface area contributed by atoms with E-state index >= 15 is 0 Å². The van der Waals surface area contributed by atoms with Gasteiger partial charge in [-0.1, -0.05) is 0 Å². The summed E-state index contributed by atoms with van der Waals surface area (Å²) in [6.07, 6.45) is 1.01. The molecule has 2 aromatic rings. The maximum Gasteiger partial charge on any atom is 0.251 e. The molecule has 3 rings (SSSR count). The highest BCUT2D eigenvalue weighted by Crippen LogP contribution is 2.19. The summed E-state index contributed by atoms with van der Waals surface area (Å²) in [6, 6.07) is 5.57. The van der Waals surface area contributed by atoms with Crippen molar-refractivity contribution in [1.82, 2.24) is 9.88 Å². The Morgan fingerprint density at radius 2 is 1.92 bits per heavy atom. The van der Waals surface area contributed by atoms with Gasteiger partial charge in [-0.25, -0.2) is 8.42 Å². The number of benzene rings is 1. The molecule has 0 aliphatic carbocycles. The van der Waals surface area contributed by atoms with Gasteiger partial charge in [0.1, 0.15) is 0 Å². The highest BCUT2D eigenvalue weighted by molar-refractivity contribution is 7.91. The number of aromatic nitrogens is 1. The lowest BCUT2D eigenvalue weighted by atomic mass is 10.0. The van der Waals surface area contributed by atoms with E-state index in [-0.39, 0.29) is 35.4 Å². The summed E-state index contributed by atoms with van der Waals surface area (Å²) in [6.45, 7) is 4.02. The van der Waals surface area contributed by atoms with Crippen LogP contribution in [-0.4, -0.2) is 48.8 Å². The van der Waals surface area contributed by atoms with E-state index < -0.39 is 9.84 Å². The van der Waals surface area contributed by atoms with E-state index in [0.29, 0.717) is 18.4 Å². The number of fused-ring (bicyclic) bond motifs is 1. The molecule has 0 radical (unpaired) electrons. The fourth-order valence-electron chi connectivity index (χ4n) is 3.41. The molecule has 1 aromatic heterocycles. The van der Waals surface area contributed by atoms with Crippen LogP contribution >= 0.6 is 0 Å². The fourth-order valence-corrected chi connectivity index (χ4v) is 5.18. The van der Waals surface area contributed by atoms with E-state index in [1.165, 1.54) is 4.90 Å². The highest BCUT2D eigenvalue weighted by atomic mass is 32.2. The van der Waals surface area contributed by atoms with Gasteiger partial charge < -0.3 is 9.88 Å². The second-order valence-corrected chi connectivity index (χ2v) is 9.44. The number of nitrogens with one attached hydrogen (secondary N) is 1. The first-order valence-corrected chi connectivity index (χ1v) is 10.6. The predicted octanol–water partition coefficient (Wildman–Crippen LogP) is 1.72.